The maximum Gasteiger partial charge on any atom is 0.288 e. The molecule has 24 heavy (non-hydrogen) atoms. The van der Waals surface area contributed by atoms with Gasteiger partial charge < -0.3 is 5.32 Å². The van der Waals surface area contributed by atoms with Gasteiger partial charge in [-0.3, -0.25) is 14.2 Å². The molecule has 1 amide bonds. The van der Waals surface area contributed by atoms with Gasteiger partial charge in [0, 0.05) is 6.42 Å². The monoisotopic (exact) mass is 321 g/mol. The first-order valence-corrected chi connectivity index (χ1v) is 7.98. The largest absolute Gasteiger partial charge is 0.343 e. The summed E-state index contributed by atoms with van der Waals surface area (Å²) in [5.74, 6) is -0.378. The van der Waals surface area contributed by atoms with Crippen molar-refractivity contribution in [2.45, 2.75) is 26.3 Å². The lowest BCUT2D eigenvalue weighted by Gasteiger charge is -2.14. The number of hydrogen-bond acceptors (Lipinski definition) is 3. The summed E-state index contributed by atoms with van der Waals surface area (Å²) in [7, 11) is 0. The number of benzene rings is 2. The van der Waals surface area contributed by atoms with Gasteiger partial charge in [-0.15, -0.1) is 0 Å². The minimum absolute atomic E-state index is 0.130. The molecular weight excluding hydrogens is 302 g/mol. The number of aromatic nitrogens is 2. The number of carbonyl (C=O) groups is 2. The third-order valence-electron chi connectivity index (χ3n) is 3.96. The number of nitrogens with one attached hydrogen (secondary N) is 1. The second kappa shape index (κ2) is 6.66. The highest BCUT2D eigenvalue weighted by Gasteiger charge is 2.22. The van der Waals surface area contributed by atoms with Crippen LogP contribution in [0.25, 0.3) is 11.0 Å². The molecule has 0 spiro atoms. The van der Waals surface area contributed by atoms with E-state index in [1.165, 1.54) is 4.57 Å². The molecule has 0 saturated carbocycles. The number of fused-ring (bicyclic) bond motifs is 1. The molecule has 0 radical (unpaired) electrons. The van der Waals surface area contributed by atoms with Gasteiger partial charge in [0.15, 0.2) is 0 Å². The lowest BCUT2D eigenvalue weighted by Crippen LogP contribution is -2.30. The van der Waals surface area contributed by atoms with Crippen LogP contribution >= 0.6 is 0 Å². The van der Waals surface area contributed by atoms with E-state index in [1.54, 1.807) is 19.1 Å². The summed E-state index contributed by atoms with van der Waals surface area (Å²) >= 11 is 0. The Balaban J connectivity index is 1.96. The van der Waals surface area contributed by atoms with Crippen molar-refractivity contribution in [1.82, 2.24) is 14.9 Å². The molecule has 0 aliphatic rings. The van der Waals surface area contributed by atoms with Gasteiger partial charge in [0.1, 0.15) is 0 Å². The van der Waals surface area contributed by atoms with Crippen LogP contribution in [0.3, 0.4) is 0 Å². The van der Waals surface area contributed by atoms with Gasteiger partial charge in [0.25, 0.3) is 5.91 Å². The van der Waals surface area contributed by atoms with Crippen LogP contribution in [0.15, 0.2) is 54.6 Å². The minimum Gasteiger partial charge on any atom is -0.343 e. The zero-order chi connectivity index (χ0) is 17.1. The van der Waals surface area contributed by atoms with E-state index in [9.17, 15) is 9.59 Å². The fourth-order valence-corrected chi connectivity index (χ4v) is 2.68. The summed E-state index contributed by atoms with van der Waals surface area (Å²) < 4.78 is 1.41. The molecular formula is C19H19N3O2. The Morgan fingerprint density at radius 3 is 2.46 bits per heavy atom. The van der Waals surface area contributed by atoms with E-state index < -0.39 is 0 Å². The van der Waals surface area contributed by atoms with E-state index in [2.05, 4.69) is 10.3 Å². The number of para-hydroxylation sites is 2. The molecule has 1 unspecified atom stereocenters. The summed E-state index contributed by atoms with van der Waals surface area (Å²) in [6.07, 6.45) is 0.300. The first-order chi connectivity index (χ1) is 11.6. The van der Waals surface area contributed by atoms with Crippen LogP contribution in [0.5, 0.6) is 0 Å². The van der Waals surface area contributed by atoms with Crippen molar-refractivity contribution < 1.29 is 9.59 Å². The Kier molecular flexibility index (Phi) is 4.42. The van der Waals surface area contributed by atoms with E-state index in [1.807, 2.05) is 49.4 Å². The van der Waals surface area contributed by atoms with Gasteiger partial charge in [-0.2, -0.15) is 0 Å². The van der Waals surface area contributed by atoms with Gasteiger partial charge in [-0.05, 0) is 24.6 Å². The standard InChI is InChI=1S/C19H19N3O2/c1-3-17(23)22-16-12-8-7-11-15(16)21-18(22)19(24)20-13(2)14-9-5-4-6-10-14/h4-13H,3H2,1-2H3,(H,20,24). The quantitative estimate of drug-likeness (QED) is 0.799. The van der Waals surface area contributed by atoms with Crippen LogP contribution < -0.4 is 5.32 Å². The molecule has 1 atom stereocenters. The van der Waals surface area contributed by atoms with Crippen molar-refractivity contribution in [1.29, 1.82) is 0 Å². The van der Waals surface area contributed by atoms with Gasteiger partial charge in [-0.25, -0.2) is 4.98 Å². The molecule has 5 nitrogen and oxygen atoms in total. The van der Waals surface area contributed by atoms with Crippen molar-refractivity contribution >= 4 is 22.8 Å². The van der Waals surface area contributed by atoms with E-state index >= 15 is 0 Å². The van der Waals surface area contributed by atoms with Crippen LogP contribution in [0.1, 0.15) is 47.3 Å². The molecule has 122 valence electrons. The zero-order valence-corrected chi connectivity index (χ0v) is 13.7. The number of amides is 1. The van der Waals surface area contributed by atoms with E-state index in [4.69, 9.17) is 0 Å². The molecule has 3 aromatic rings. The summed E-state index contributed by atoms with van der Waals surface area (Å²) in [6.45, 7) is 3.67. The summed E-state index contributed by atoms with van der Waals surface area (Å²) in [6, 6.07) is 16.8. The van der Waals surface area contributed by atoms with Crippen LogP contribution in [0, 0.1) is 0 Å². The lowest BCUT2D eigenvalue weighted by atomic mass is 10.1. The number of imidazole rings is 1. The predicted octanol–water partition coefficient (Wildman–Crippen LogP) is 3.58. The van der Waals surface area contributed by atoms with E-state index in [0.717, 1.165) is 5.56 Å². The molecule has 0 aliphatic carbocycles. The van der Waals surface area contributed by atoms with Crippen LogP contribution in [0.2, 0.25) is 0 Å². The fourth-order valence-electron chi connectivity index (χ4n) is 2.68. The SMILES string of the molecule is CCC(=O)n1c(C(=O)NC(C)c2ccccc2)nc2ccccc21. The third kappa shape index (κ3) is 2.93. The van der Waals surface area contributed by atoms with Gasteiger partial charge in [-0.1, -0.05) is 49.4 Å². The third-order valence-corrected chi connectivity index (χ3v) is 3.96. The number of carbonyl (C=O) groups excluding carboxylic acids is 2. The van der Waals surface area contributed by atoms with Crippen molar-refractivity contribution in [2.75, 3.05) is 0 Å². The molecule has 1 heterocycles. The summed E-state index contributed by atoms with van der Waals surface area (Å²) in [5.41, 5.74) is 2.29. The normalized spacial score (nSPS) is 12.1. The molecule has 1 aromatic heterocycles. The van der Waals surface area contributed by atoms with Crippen LogP contribution in [-0.2, 0) is 0 Å². The smallest absolute Gasteiger partial charge is 0.288 e. The van der Waals surface area contributed by atoms with Gasteiger partial charge in [0.2, 0.25) is 11.7 Å². The zero-order valence-electron chi connectivity index (χ0n) is 13.7. The minimum atomic E-state index is -0.357. The Bertz CT molecular complexity index is 884. The second-order valence-corrected chi connectivity index (χ2v) is 5.61. The summed E-state index contributed by atoms with van der Waals surface area (Å²) in [4.78, 5) is 29.4. The molecule has 0 fully saturated rings. The topological polar surface area (TPSA) is 64.0 Å². The maximum atomic E-state index is 12.7. The molecule has 0 saturated heterocycles. The van der Waals surface area contributed by atoms with Gasteiger partial charge in [0.05, 0.1) is 17.1 Å². The van der Waals surface area contributed by atoms with Crippen molar-refractivity contribution in [2.24, 2.45) is 0 Å². The molecule has 2 aromatic carbocycles. The van der Waals surface area contributed by atoms with Crippen molar-refractivity contribution in [3.8, 4) is 0 Å². The Hall–Kier alpha value is -2.95. The highest BCUT2D eigenvalue weighted by Crippen LogP contribution is 2.18. The van der Waals surface area contributed by atoms with E-state index in [0.29, 0.717) is 17.5 Å². The van der Waals surface area contributed by atoms with Crippen LogP contribution in [-0.4, -0.2) is 21.4 Å². The van der Waals surface area contributed by atoms with E-state index in [-0.39, 0.29) is 23.7 Å². The highest BCUT2D eigenvalue weighted by molar-refractivity contribution is 6.01. The molecule has 5 heteroatoms. The average molecular weight is 321 g/mol. The lowest BCUT2D eigenvalue weighted by molar-refractivity contribution is 0.0865. The van der Waals surface area contributed by atoms with Crippen molar-refractivity contribution in [3.05, 3.63) is 66.0 Å². The number of rotatable bonds is 4. The first-order valence-electron chi connectivity index (χ1n) is 7.98. The van der Waals surface area contributed by atoms with Crippen molar-refractivity contribution in [3.63, 3.8) is 0 Å². The summed E-state index contributed by atoms with van der Waals surface area (Å²) in [5, 5.41) is 2.92. The molecule has 1 N–H and O–H groups in total. The van der Waals surface area contributed by atoms with Gasteiger partial charge >= 0.3 is 0 Å². The average Bonchev–Trinajstić information content (AvgIpc) is 3.01. The molecule has 0 bridgehead atoms. The Morgan fingerprint density at radius 1 is 1.08 bits per heavy atom. The van der Waals surface area contributed by atoms with Crippen LogP contribution in [0.4, 0.5) is 0 Å². The molecule has 0 aliphatic heterocycles. The highest BCUT2D eigenvalue weighted by atomic mass is 16.2. The Labute approximate surface area is 140 Å². The maximum absolute atomic E-state index is 12.7. The number of hydrogen-bond donors (Lipinski definition) is 1. The molecule has 3 rings (SSSR count). The fraction of sp³-hybridized carbons (Fsp3) is 0.211. The first kappa shape index (κ1) is 15.9. The predicted molar refractivity (Wildman–Crippen MR) is 93.0 cm³/mol. The number of nitrogens with zero attached hydrogens (tertiary/aromatic N) is 2. The second-order valence-electron chi connectivity index (χ2n) is 5.61. The Morgan fingerprint density at radius 2 is 1.75 bits per heavy atom.